The Kier molecular flexibility index (Phi) is 4.15. The van der Waals surface area contributed by atoms with Gasteiger partial charge in [-0.1, -0.05) is 22.5 Å². The largest absolute Gasteiger partial charge is 0.357 e. The second kappa shape index (κ2) is 6.33. The van der Waals surface area contributed by atoms with E-state index in [0.717, 1.165) is 28.6 Å². The van der Waals surface area contributed by atoms with Crippen LogP contribution < -0.4 is 0 Å². The highest BCUT2D eigenvalue weighted by atomic mass is 79.9. The molecule has 5 nitrogen and oxygen atoms in total. The van der Waals surface area contributed by atoms with E-state index in [4.69, 9.17) is 0 Å². The van der Waals surface area contributed by atoms with Gasteiger partial charge in [-0.25, -0.2) is 0 Å². The zero-order chi connectivity index (χ0) is 17.6. The zero-order valence-corrected chi connectivity index (χ0v) is 15.5. The minimum Gasteiger partial charge on any atom is -0.357 e. The first-order valence-corrected chi connectivity index (χ1v) is 9.32. The fraction of sp³-hybridized carbons (Fsp3) is 0.368. The highest BCUT2D eigenvalue weighted by molar-refractivity contribution is 9.10. The Bertz CT molecular complexity index is 867. The molecule has 4 rings (SSSR count). The van der Waals surface area contributed by atoms with Crippen LogP contribution in [0.25, 0.3) is 10.9 Å². The third-order valence-corrected chi connectivity index (χ3v) is 5.69. The third kappa shape index (κ3) is 2.99. The molecule has 1 N–H and O–H groups in total. The number of aromatic amines is 1. The topological polar surface area (TPSA) is 56.4 Å². The lowest BCUT2D eigenvalue weighted by Crippen LogP contribution is -2.51. The Balaban J connectivity index is 1.41. The Morgan fingerprint density at radius 1 is 1.32 bits per heavy atom. The molecule has 1 aromatic carbocycles. The van der Waals surface area contributed by atoms with Gasteiger partial charge in [0.05, 0.1) is 6.54 Å². The summed E-state index contributed by atoms with van der Waals surface area (Å²) in [4.78, 5) is 31.2. The molecule has 0 unspecified atom stereocenters. The van der Waals surface area contributed by atoms with Crippen molar-refractivity contribution in [1.82, 2.24) is 14.8 Å². The van der Waals surface area contributed by atoms with Gasteiger partial charge in [0, 0.05) is 53.0 Å². The molecular formula is C19H20BrN3O2. The van der Waals surface area contributed by atoms with Crippen molar-refractivity contribution in [1.29, 1.82) is 0 Å². The average Bonchev–Trinajstić information content (AvgIpc) is 2.93. The first kappa shape index (κ1) is 16.4. The van der Waals surface area contributed by atoms with Crippen molar-refractivity contribution >= 4 is 38.6 Å². The number of hydrogen-bond acceptors (Lipinski definition) is 2. The summed E-state index contributed by atoms with van der Waals surface area (Å²) >= 11 is 3.53. The molecule has 2 aromatic rings. The number of nitrogens with zero attached hydrogens (tertiary/aromatic N) is 2. The third-order valence-electron chi connectivity index (χ3n) is 5.20. The van der Waals surface area contributed by atoms with Crippen LogP contribution in [-0.4, -0.2) is 46.2 Å². The van der Waals surface area contributed by atoms with Gasteiger partial charge in [0.15, 0.2) is 0 Å². The van der Waals surface area contributed by atoms with E-state index >= 15 is 0 Å². The second-order valence-electron chi connectivity index (χ2n) is 6.85. The smallest absolute Gasteiger partial charge is 0.245 e. The number of likely N-dealkylation sites (tertiary alicyclic amines) is 1. The van der Waals surface area contributed by atoms with Gasteiger partial charge in [0.1, 0.15) is 0 Å². The molecule has 1 aromatic heterocycles. The molecule has 0 atom stereocenters. The molecule has 0 radical (unpaired) electrons. The quantitative estimate of drug-likeness (QED) is 0.803. The summed E-state index contributed by atoms with van der Waals surface area (Å²) in [6.45, 7) is 6.22. The van der Waals surface area contributed by atoms with Crippen molar-refractivity contribution in [3.05, 3.63) is 46.6 Å². The lowest BCUT2D eigenvalue weighted by molar-refractivity contribution is -0.139. The van der Waals surface area contributed by atoms with Crippen LogP contribution >= 0.6 is 15.9 Å². The molecule has 2 aliphatic heterocycles. The number of H-pyrrole nitrogens is 1. The first-order chi connectivity index (χ1) is 12.0. The molecule has 0 spiro atoms. The van der Waals surface area contributed by atoms with Crippen LogP contribution in [0.3, 0.4) is 0 Å². The molecule has 0 saturated carbocycles. The van der Waals surface area contributed by atoms with Gasteiger partial charge < -0.3 is 14.8 Å². The van der Waals surface area contributed by atoms with Crippen molar-refractivity contribution in [2.75, 3.05) is 19.6 Å². The van der Waals surface area contributed by atoms with Gasteiger partial charge in [-0.05, 0) is 36.3 Å². The number of carbonyl (C=O) groups excluding carboxylic acids is 2. The maximum absolute atomic E-state index is 12.6. The van der Waals surface area contributed by atoms with E-state index in [1.54, 1.807) is 4.90 Å². The molecule has 0 bridgehead atoms. The lowest BCUT2D eigenvalue weighted by Gasteiger charge is -2.39. The predicted molar refractivity (Wildman–Crippen MR) is 100 cm³/mol. The molecule has 2 aliphatic rings. The number of rotatable bonds is 3. The predicted octanol–water partition coefficient (Wildman–Crippen LogP) is 2.85. The maximum Gasteiger partial charge on any atom is 0.245 e. The molecule has 2 amide bonds. The van der Waals surface area contributed by atoms with Gasteiger partial charge in [0.25, 0.3) is 0 Å². The number of halogens is 1. The van der Waals surface area contributed by atoms with E-state index < -0.39 is 0 Å². The standard InChI is InChI=1S/C19H20BrN3O2/c1-2-18(24)23-9-12(10-23)7-19(25)22-6-5-14-15-8-13(20)3-4-16(15)21-17(14)11-22/h2-4,8,12,21H,1,5-7,9-11H2. The van der Waals surface area contributed by atoms with E-state index in [9.17, 15) is 9.59 Å². The number of amides is 2. The Morgan fingerprint density at radius 3 is 2.88 bits per heavy atom. The van der Waals surface area contributed by atoms with Gasteiger partial charge in [-0.3, -0.25) is 9.59 Å². The summed E-state index contributed by atoms with van der Waals surface area (Å²) in [6.07, 6.45) is 2.73. The van der Waals surface area contributed by atoms with Gasteiger partial charge >= 0.3 is 0 Å². The molecule has 130 valence electrons. The fourth-order valence-electron chi connectivity index (χ4n) is 3.81. The Labute approximate surface area is 154 Å². The van der Waals surface area contributed by atoms with Crippen LogP contribution in [0.1, 0.15) is 17.7 Å². The van der Waals surface area contributed by atoms with Crippen LogP contribution in [0.4, 0.5) is 0 Å². The van der Waals surface area contributed by atoms with Crippen molar-refractivity contribution in [3.8, 4) is 0 Å². The number of fused-ring (bicyclic) bond motifs is 3. The SMILES string of the molecule is C=CC(=O)N1CC(CC(=O)N2CCc3c([nH]c4ccc(Br)cc34)C2)C1. The summed E-state index contributed by atoms with van der Waals surface area (Å²) < 4.78 is 1.07. The fourth-order valence-corrected chi connectivity index (χ4v) is 4.17. The normalized spacial score (nSPS) is 17.3. The second-order valence-corrected chi connectivity index (χ2v) is 7.77. The van der Waals surface area contributed by atoms with E-state index in [2.05, 4.69) is 39.6 Å². The van der Waals surface area contributed by atoms with Gasteiger partial charge in [-0.2, -0.15) is 0 Å². The summed E-state index contributed by atoms with van der Waals surface area (Å²) in [5, 5.41) is 1.24. The highest BCUT2D eigenvalue weighted by Crippen LogP contribution is 2.30. The molecule has 0 aliphatic carbocycles. The summed E-state index contributed by atoms with van der Waals surface area (Å²) in [5.74, 6) is 0.410. The number of hydrogen-bond donors (Lipinski definition) is 1. The minimum atomic E-state index is -0.0458. The zero-order valence-electron chi connectivity index (χ0n) is 13.9. The van der Waals surface area contributed by atoms with Crippen LogP contribution in [0.15, 0.2) is 35.3 Å². The molecule has 6 heteroatoms. The number of aromatic nitrogens is 1. The number of nitrogens with one attached hydrogen (secondary N) is 1. The van der Waals surface area contributed by atoms with Crippen LogP contribution in [0.5, 0.6) is 0 Å². The highest BCUT2D eigenvalue weighted by Gasteiger charge is 2.33. The summed E-state index contributed by atoms with van der Waals surface area (Å²) in [6, 6.07) is 6.24. The van der Waals surface area contributed by atoms with Crippen LogP contribution in [0, 0.1) is 5.92 Å². The number of benzene rings is 1. The number of carbonyl (C=O) groups is 2. The van der Waals surface area contributed by atoms with Crippen LogP contribution in [-0.2, 0) is 22.6 Å². The molecule has 25 heavy (non-hydrogen) atoms. The van der Waals surface area contributed by atoms with Gasteiger partial charge in [-0.15, -0.1) is 0 Å². The van der Waals surface area contributed by atoms with E-state index in [1.807, 2.05) is 11.0 Å². The van der Waals surface area contributed by atoms with E-state index in [1.165, 1.54) is 17.0 Å². The van der Waals surface area contributed by atoms with Crippen molar-refractivity contribution in [2.24, 2.45) is 5.92 Å². The van der Waals surface area contributed by atoms with Crippen molar-refractivity contribution in [3.63, 3.8) is 0 Å². The monoisotopic (exact) mass is 401 g/mol. The molecule has 1 fully saturated rings. The molecule has 1 saturated heterocycles. The summed E-state index contributed by atoms with van der Waals surface area (Å²) in [5.41, 5.74) is 3.59. The summed E-state index contributed by atoms with van der Waals surface area (Å²) in [7, 11) is 0. The van der Waals surface area contributed by atoms with E-state index in [-0.39, 0.29) is 17.7 Å². The maximum atomic E-state index is 12.6. The average molecular weight is 402 g/mol. The Morgan fingerprint density at radius 2 is 2.12 bits per heavy atom. The van der Waals surface area contributed by atoms with Crippen LogP contribution in [0.2, 0.25) is 0 Å². The van der Waals surface area contributed by atoms with Crippen molar-refractivity contribution < 1.29 is 9.59 Å². The van der Waals surface area contributed by atoms with E-state index in [0.29, 0.717) is 26.1 Å². The molecular weight excluding hydrogens is 382 g/mol. The minimum absolute atomic E-state index is 0.0458. The first-order valence-electron chi connectivity index (χ1n) is 8.53. The molecule has 3 heterocycles. The van der Waals surface area contributed by atoms with Crippen molar-refractivity contribution in [2.45, 2.75) is 19.4 Å². The van der Waals surface area contributed by atoms with Gasteiger partial charge in [0.2, 0.25) is 11.8 Å². The Hall–Kier alpha value is -2.08. The lowest BCUT2D eigenvalue weighted by atomic mass is 9.94.